The summed E-state index contributed by atoms with van der Waals surface area (Å²) in [6.07, 6.45) is 3.93. The summed E-state index contributed by atoms with van der Waals surface area (Å²) in [6, 6.07) is 5.84. The van der Waals surface area contributed by atoms with Crippen LogP contribution in [-0.2, 0) is 4.79 Å². The van der Waals surface area contributed by atoms with Gasteiger partial charge in [0.25, 0.3) is 5.91 Å². The zero-order chi connectivity index (χ0) is 16.8. The van der Waals surface area contributed by atoms with Crippen LogP contribution in [0.3, 0.4) is 0 Å². The Kier molecular flexibility index (Phi) is 6.42. The van der Waals surface area contributed by atoms with Gasteiger partial charge in [-0.25, -0.2) is 0 Å². The van der Waals surface area contributed by atoms with E-state index in [1.807, 2.05) is 0 Å². The Hall–Kier alpha value is -1.59. The quantitative estimate of drug-likeness (QED) is 0.769. The van der Waals surface area contributed by atoms with Crippen LogP contribution in [0.15, 0.2) is 24.3 Å². The summed E-state index contributed by atoms with van der Waals surface area (Å²) in [4.78, 5) is 24.4. The molecule has 2 rings (SSSR count). The van der Waals surface area contributed by atoms with E-state index in [0.717, 1.165) is 25.7 Å². The van der Waals surface area contributed by atoms with Gasteiger partial charge in [0.15, 0.2) is 0 Å². The number of aliphatic hydroxyl groups excluding tert-OH is 1. The van der Waals surface area contributed by atoms with E-state index in [2.05, 4.69) is 10.6 Å². The standard InChI is InChI=1S/C17H23ClN2O3/c1-11(19-17(23)12-6-8-14(18)9-7-12)16(22)20-15-5-3-2-4-13(15)10-21/h6-9,11,13,15,21H,2-5,10H2,1H3,(H,19,23)(H,20,22). The highest BCUT2D eigenvalue weighted by atomic mass is 35.5. The van der Waals surface area contributed by atoms with E-state index >= 15 is 0 Å². The first-order valence-electron chi connectivity index (χ1n) is 7.99. The normalized spacial score (nSPS) is 22.2. The number of aliphatic hydroxyl groups is 1. The van der Waals surface area contributed by atoms with Crippen LogP contribution in [0.25, 0.3) is 0 Å². The molecule has 0 saturated heterocycles. The Morgan fingerprint density at radius 1 is 1.26 bits per heavy atom. The lowest BCUT2D eigenvalue weighted by Crippen LogP contribution is -2.51. The van der Waals surface area contributed by atoms with Crippen molar-refractivity contribution in [3.8, 4) is 0 Å². The molecule has 0 aliphatic heterocycles. The van der Waals surface area contributed by atoms with Crippen molar-refractivity contribution < 1.29 is 14.7 Å². The van der Waals surface area contributed by atoms with Crippen molar-refractivity contribution in [3.63, 3.8) is 0 Å². The van der Waals surface area contributed by atoms with Gasteiger partial charge in [0.05, 0.1) is 0 Å². The molecule has 0 spiro atoms. The van der Waals surface area contributed by atoms with Gasteiger partial charge >= 0.3 is 0 Å². The molecule has 3 unspecified atom stereocenters. The number of hydrogen-bond acceptors (Lipinski definition) is 3. The van der Waals surface area contributed by atoms with Crippen molar-refractivity contribution in [3.05, 3.63) is 34.9 Å². The van der Waals surface area contributed by atoms with Crippen molar-refractivity contribution in [2.75, 3.05) is 6.61 Å². The second-order valence-corrected chi connectivity index (χ2v) is 6.48. The number of carbonyl (C=O) groups excluding carboxylic acids is 2. The minimum atomic E-state index is -0.639. The van der Waals surface area contributed by atoms with Gasteiger partial charge in [0, 0.05) is 29.2 Å². The van der Waals surface area contributed by atoms with Crippen molar-refractivity contribution >= 4 is 23.4 Å². The summed E-state index contributed by atoms with van der Waals surface area (Å²) in [5, 5.41) is 15.6. The zero-order valence-electron chi connectivity index (χ0n) is 13.2. The van der Waals surface area contributed by atoms with Crippen molar-refractivity contribution in [1.82, 2.24) is 10.6 Å². The van der Waals surface area contributed by atoms with Crippen LogP contribution in [0.5, 0.6) is 0 Å². The highest BCUT2D eigenvalue weighted by molar-refractivity contribution is 6.30. The predicted molar refractivity (Wildman–Crippen MR) is 89.4 cm³/mol. The summed E-state index contributed by atoms with van der Waals surface area (Å²) in [5.41, 5.74) is 0.458. The molecule has 0 bridgehead atoms. The second kappa shape index (κ2) is 8.31. The number of nitrogens with one attached hydrogen (secondary N) is 2. The largest absolute Gasteiger partial charge is 0.396 e. The summed E-state index contributed by atoms with van der Waals surface area (Å²) >= 11 is 5.79. The van der Waals surface area contributed by atoms with Gasteiger partial charge in [0.2, 0.25) is 5.91 Å². The zero-order valence-corrected chi connectivity index (χ0v) is 14.0. The highest BCUT2D eigenvalue weighted by Crippen LogP contribution is 2.24. The van der Waals surface area contributed by atoms with Crippen LogP contribution in [-0.4, -0.2) is 35.6 Å². The molecule has 3 atom stereocenters. The van der Waals surface area contributed by atoms with E-state index in [-0.39, 0.29) is 30.4 Å². The maximum atomic E-state index is 12.3. The first-order chi connectivity index (χ1) is 11.0. The molecule has 23 heavy (non-hydrogen) atoms. The summed E-state index contributed by atoms with van der Waals surface area (Å²) in [5.74, 6) is -0.434. The predicted octanol–water partition coefficient (Wildman–Crippen LogP) is 2.13. The highest BCUT2D eigenvalue weighted by Gasteiger charge is 2.27. The third-order valence-corrected chi connectivity index (χ3v) is 4.57. The Labute approximate surface area is 141 Å². The fourth-order valence-electron chi connectivity index (χ4n) is 2.87. The molecule has 1 aromatic rings. The topological polar surface area (TPSA) is 78.4 Å². The van der Waals surface area contributed by atoms with E-state index < -0.39 is 6.04 Å². The lowest BCUT2D eigenvalue weighted by atomic mass is 9.85. The monoisotopic (exact) mass is 338 g/mol. The van der Waals surface area contributed by atoms with Crippen LogP contribution in [0.4, 0.5) is 0 Å². The van der Waals surface area contributed by atoms with E-state index in [0.29, 0.717) is 10.6 Å². The van der Waals surface area contributed by atoms with Crippen LogP contribution >= 0.6 is 11.6 Å². The number of benzene rings is 1. The molecule has 0 heterocycles. The third-order valence-electron chi connectivity index (χ3n) is 4.32. The number of halogens is 1. The Morgan fingerprint density at radius 3 is 2.57 bits per heavy atom. The van der Waals surface area contributed by atoms with Gasteiger partial charge in [0.1, 0.15) is 6.04 Å². The Morgan fingerprint density at radius 2 is 1.91 bits per heavy atom. The van der Waals surface area contributed by atoms with Gasteiger partial charge < -0.3 is 15.7 Å². The van der Waals surface area contributed by atoms with Crippen molar-refractivity contribution in [2.24, 2.45) is 5.92 Å². The third kappa shape index (κ3) is 4.94. The average Bonchev–Trinajstić information content (AvgIpc) is 2.55. The molecule has 1 aliphatic rings. The van der Waals surface area contributed by atoms with Gasteiger partial charge in [-0.3, -0.25) is 9.59 Å². The molecule has 1 aliphatic carbocycles. The molecule has 5 nitrogen and oxygen atoms in total. The maximum Gasteiger partial charge on any atom is 0.251 e. The molecule has 1 fully saturated rings. The van der Waals surface area contributed by atoms with Crippen LogP contribution in [0, 0.1) is 5.92 Å². The molecular weight excluding hydrogens is 316 g/mol. The lowest BCUT2D eigenvalue weighted by Gasteiger charge is -2.31. The van der Waals surface area contributed by atoms with Crippen molar-refractivity contribution in [1.29, 1.82) is 0 Å². The average molecular weight is 339 g/mol. The van der Waals surface area contributed by atoms with Crippen LogP contribution in [0.2, 0.25) is 5.02 Å². The van der Waals surface area contributed by atoms with E-state index in [9.17, 15) is 14.7 Å². The molecule has 126 valence electrons. The summed E-state index contributed by atoms with van der Waals surface area (Å²) < 4.78 is 0. The lowest BCUT2D eigenvalue weighted by molar-refractivity contribution is -0.124. The number of hydrogen-bond donors (Lipinski definition) is 3. The van der Waals surface area contributed by atoms with Crippen molar-refractivity contribution in [2.45, 2.75) is 44.7 Å². The molecule has 0 radical (unpaired) electrons. The first-order valence-corrected chi connectivity index (χ1v) is 8.36. The Balaban J connectivity index is 1.89. The number of carbonyl (C=O) groups is 2. The molecule has 3 N–H and O–H groups in total. The minimum Gasteiger partial charge on any atom is -0.396 e. The van der Waals surface area contributed by atoms with Gasteiger partial charge in [-0.05, 0) is 44.0 Å². The first kappa shape index (κ1) is 17.8. The molecule has 6 heteroatoms. The fraction of sp³-hybridized carbons (Fsp3) is 0.529. The number of rotatable bonds is 5. The van der Waals surface area contributed by atoms with Gasteiger partial charge in [-0.1, -0.05) is 24.4 Å². The summed E-state index contributed by atoms with van der Waals surface area (Å²) in [7, 11) is 0. The van der Waals surface area contributed by atoms with E-state index in [4.69, 9.17) is 11.6 Å². The molecule has 1 saturated carbocycles. The van der Waals surface area contributed by atoms with E-state index in [1.165, 1.54) is 0 Å². The van der Waals surface area contributed by atoms with Crippen LogP contribution < -0.4 is 10.6 Å². The smallest absolute Gasteiger partial charge is 0.251 e. The minimum absolute atomic E-state index is 0.0175. The van der Waals surface area contributed by atoms with Crippen LogP contribution in [0.1, 0.15) is 43.0 Å². The van der Waals surface area contributed by atoms with Gasteiger partial charge in [-0.15, -0.1) is 0 Å². The Bertz CT molecular complexity index is 547. The second-order valence-electron chi connectivity index (χ2n) is 6.04. The maximum absolute atomic E-state index is 12.3. The summed E-state index contributed by atoms with van der Waals surface area (Å²) in [6.45, 7) is 1.73. The molecular formula is C17H23ClN2O3. The van der Waals surface area contributed by atoms with Gasteiger partial charge in [-0.2, -0.15) is 0 Å². The number of amides is 2. The fourth-order valence-corrected chi connectivity index (χ4v) is 3.00. The SMILES string of the molecule is CC(NC(=O)c1ccc(Cl)cc1)C(=O)NC1CCCCC1CO. The molecule has 2 amide bonds. The molecule has 0 aromatic heterocycles. The van der Waals surface area contributed by atoms with E-state index in [1.54, 1.807) is 31.2 Å². The molecule has 1 aromatic carbocycles.